The van der Waals surface area contributed by atoms with E-state index in [4.69, 9.17) is 4.74 Å². The van der Waals surface area contributed by atoms with Gasteiger partial charge < -0.3 is 24.5 Å². The summed E-state index contributed by atoms with van der Waals surface area (Å²) in [7, 11) is 0. The molecule has 1 saturated carbocycles. The SMILES string of the molecule is O=C(/N=c1\[nH]c2ccc(CN3CCOCC3)cc2n1[C@H]1CC[C@@H](C(=O)N2CCNCC2)CC1)c1ccc(F)cc1. The van der Waals surface area contributed by atoms with E-state index in [-0.39, 0.29) is 17.9 Å². The normalized spacial score (nSPS) is 23.0. The zero-order valence-corrected chi connectivity index (χ0v) is 22.8. The fourth-order valence-electron chi connectivity index (χ4n) is 6.22. The van der Waals surface area contributed by atoms with Gasteiger partial charge in [-0.05, 0) is 67.6 Å². The first-order valence-corrected chi connectivity index (χ1v) is 14.4. The van der Waals surface area contributed by atoms with Gasteiger partial charge in [-0.3, -0.25) is 14.5 Å². The predicted molar refractivity (Wildman–Crippen MR) is 149 cm³/mol. The molecule has 212 valence electrons. The number of carbonyl (C=O) groups is 2. The van der Waals surface area contributed by atoms with Crippen LogP contribution in [0.1, 0.15) is 47.6 Å². The highest BCUT2D eigenvalue weighted by Crippen LogP contribution is 2.34. The lowest BCUT2D eigenvalue weighted by Crippen LogP contribution is -2.49. The minimum Gasteiger partial charge on any atom is -0.379 e. The molecule has 2 aromatic carbocycles. The predicted octanol–water partition coefficient (Wildman–Crippen LogP) is 2.84. The molecule has 0 atom stereocenters. The Kier molecular flexibility index (Phi) is 8.08. The van der Waals surface area contributed by atoms with Crippen LogP contribution in [0.25, 0.3) is 11.0 Å². The van der Waals surface area contributed by atoms with Crippen molar-refractivity contribution in [1.82, 2.24) is 24.7 Å². The molecule has 2 N–H and O–H groups in total. The molecular formula is C30H37FN6O3. The molecule has 9 nitrogen and oxygen atoms in total. The highest BCUT2D eigenvalue weighted by molar-refractivity contribution is 5.95. The van der Waals surface area contributed by atoms with E-state index in [0.717, 1.165) is 95.7 Å². The van der Waals surface area contributed by atoms with Gasteiger partial charge in [0.1, 0.15) is 5.82 Å². The summed E-state index contributed by atoms with van der Waals surface area (Å²) < 4.78 is 21.1. The number of H-pyrrole nitrogens is 1. The molecule has 2 amide bonds. The Bertz CT molecular complexity index is 1410. The van der Waals surface area contributed by atoms with Gasteiger partial charge in [0.25, 0.3) is 5.91 Å². The van der Waals surface area contributed by atoms with Crippen LogP contribution in [0, 0.1) is 11.7 Å². The number of ether oxygens (including phenoxy) is 1. The lowest BCUT2D eigenvalue weighted by molar-refractivity contribution is -0.137. The van der Waals surface area contributed by atoms with Crippen LogP contribution < -0.4 is 10.9 Å². The number of hydrogen-bond acceptors (Lipinski definition) is 5. The first-order chi connectivity index (χ1) is 19.5. The summed E-state index contributed by atoms with van der Waals surface area (Å²) >= 11 is 0. The number of imidazole rings is 1. The summed E-state index contributed by atoms with van der Waals surface area (Å²) in [4.78, 5) is 38.5. The van der Waals surface area contributed by atoms with Gasteiger partial charge in [0.05, 0.1) is 24.2 Å². The molecule has 0 radical (unpaired) electrons. The molecule has 3 heterocycles. The second kappa shape index (κ2) is 12.0. The molecule has 0 bridgehead atoms. The van der Waals surface area contributed by atoms with Crippen molar-refractivity contribution in [3.8, 4) is 0 Å². The Morgan fingerprint density at radius 3 is 2.40 bits per heavy atom. The molecule has 40 heavy (non-hydrogen) atoms. The summed E-state index contributed by atoms with van der Waals surface area (Å²) in [6, 6.07) is 12.0. The van der Waals surface area contributed by atoms with Crippen molar-refractivity contribution >= 4 is 22.8 Å². The Morgan fingerprint density at radius 2 is 1.68 bits per heavy atom. The minimum atomic E-state index is -0.420. The number of morpholine rings is 1. The van der Waals surface area contributed by atoms with Gasteiger partial charge in [0, 0.05) is 63.3 Å². The van der Waals surface area contributed by atoms with Crippen molar-refractivity contribution in [2.24, 2.45) is 10.9 Å². The molecule has 3 aliphatic rings. The Balaban J connectivity index is 1.30. The summed E-state index contributed by atoms with van der Waals surface area (Å²) in [6.45, 7) is 7.39. The maximum Gasteiger partial charge on any atom is 0.280 e. The van der Waals surface area contributed by atoms with E-state index in [1.165, 1.54) is 29.8 Å². The number of benzene rings is 2. The second-order valence-corrected chi connectivity index (χ2v) is 11.1. The number of hydrogen-bond donors (Lipinski definition) is 2. The van der Waals surface area contributed by atoms with E-state index in [0.29, 0.717) is 11.2 Å². The monoisotopic (exact) mass is 548 g/mol. The Hall–Kier alpha value is -3.34. The van der Waals surface area contributed by atoms with Crippen LogP contribution in [0.3, 0.4) is 0 Å². The third-order valence-corrected chi connectivity index (χ3v) is 8.44. The number of nitrogens with one attached hydrogen (secondary N) is 2. The van der Waals surface area contributed by atoms with Gasteiger partial charge in [-0.1, -0.05) is 6.07 Å². The number of piperazine rings is 1. The molecule has 6 rings (SSSR count). The summed E-state index contributed by atoms with van der Waals surface area (Å²) in [5, 5.41) is 3.32. The van der Waals surface area contributed by atoms with Crippen molar-refractivity contribution in [3.63, 3.8) is 0 Å². The van der Waals surface area contributed by atoms with Crippen LogP contribution in [0.5, 0.6) is 0 Å². The van der Waals surface area contributed by atoms with E-state index in [9.17, 15) is 14.0 Å². The van der Waals surface area contributed by atoms with E-state index in [1.807, 2.05) is 4.90 Å². The lowest BCUT2D eigenvalue weighted by atomic mass is 9.84. The molecule has 10 heteroatoms. The van der Waals surface area contributed by atoms with Crippen molar-refractivity contribution < 1.29 is 18.7 Å². The quantitative estimate of drug-likeness (QED) is 0.512. The number of fused-ring (bicyclic) bond motifs is 1. The molecule has 0 spiro atoms. The number of nitrogens with zero attached hydrogens (tertiary/aromatic N) is 4. The van der Waals surface area contributed by atoms with Crippen LogP contribution in [0.4, 0.5) is 4.39 Å². The van der Waals surface area contributed by atoms with E-state index < -0.39 is 11.7 Å². The van der Waals surface area contributed by atoms with Crippen LogP contribution >= 0.6 is 0 Å². The van der Waals surface area contributed by atoms with Gasteiger partial charge in [-0.25, -0.2) is 4.39 Å². The molecule has 3 fully saturated rings. The van der Waals surface area contributed by atoms with Crippen LogP contribution in [0.2, 0.25) is 0 Å². The zero-order valence-electron chi connectivity index (χ0n) is 22.8. The smallest absolute Gasteiger partial charge is 0.280 e. The van der Waals surface area contributed by atoms with Crippen molar-refractivity contribution in [2.45, 2.75) is 38.3 Å². The van der Waals surface area contributed by atoms with Crippen molar-refractivity contribution in [2.75, 3.05) is 52.5 Å². The maximum atomic E-state index is 13.4. The third-order valence-electron chi connectivity index (χ3n) is 8.44. The second-order valence-electron chi connectivity index (χ2n) is 11.1. The number of amides is 2. The average molecular weight is 549 g/mol. The zero-order chi connectivity index (χ0) is 27.5. The van der Waals surface area contributed by atoms with Crippen molar-refractivity contribution in [1.29, 1.82) is 0 Å². The molecule has 2 saturated heterocycles. The van der Waals surface area contributed by atoms with E-state index in [2.05, 4.69) is 43.0 Å². The molecule has 0 unspecified atom stereocenters. The largest absolute Gasteiger partial charge is 0.379 e. The van der Waals surface area contributed by atoms with Gasteiger partial charge in [-0.2, -0.15) is 4.99 Å². The summed E-state index contributed by atoms with van der Waals surface area (Å²) in [5.74, 6) is -0.500. The molecular weight excluding hydrogens is 511 g/mol. The molecule has 1 aromatic heterocycles. The van der Waals surface area contributed by atoms with Crippen LogP contribution in [-0.2, 0) is 16.1 Å². The van der Waals surface area contributed by atoms with Crippen LogP contribution in [-0.4, -0.2) is 83.6 Å². The van der Waals surface area contributed by atoms with Gasteiger partial charge in [-0.15, -0.1) is 0 Å². The Morgan fingerprint density at radius 1 is 0.950 bits per heavy atom. The number of aromatic nitrogens is 2. The third kappa shape index (κ3) is 5.89. The Labute approximate surface area is 233 Å². The van der Waals surface area contributed by atoms with Gasteiger partial charge in [0.15, 0.2) is 0 Å². The number of aromatic amines is 1. The summed E-state index contributed by atoms with van der Waals surface area (Å²) in [5.41, 5.74) is 3.94. The standard InChI is InChI=1S/C30H37FN6O3/c31-24-6-2-22(3-7-24)28(38)34-30-33-26-10-1-21(20-35-15-17-40-18-16-35)19-27(26)37(30)25-8-4-23(5-9-25)29(39)36-13-11-32-12-14-36/h1-3,6-7,10,19,23,25,32H,4-5,8-9,11-18,20H2,(H,33,34,38)/t23-,25+. The van der Waals surface area contributed by atoms with Crippen molar-refractivity contribution in [3.05, 3.63) is 65.0 Å². The summed E-state index contributed by atoms with van der Waals surface area (Å²) in [6.07, 6.45) is 3.29. The molecule has 1 aliphatic carbocycles. The topological polar surface area (TPSA) is 95.0 Å². The van der Waals surface area contributed by atoms with E-state index >= 15 is 0 Å². The van der Waals surface area contributed by atoms with Crippen LogP contribution in [0.15, 0.2) is 47.5 Å². The first-order valence-electron chi connectivity index (χ1n) is 14.4. The van der Waals surface area contributed by atoms with Gasteiger partial charge >= 0.3 is 0 Å². The average Bonchev–Trinajstić information content (AvgIpc) is 3.35. The van der Waals surface area contributed by atoms with E-state index in [1.54, 1.807) is 0 Å². The highest BCUT2D eigenvalue weighted by Gasteiger charge is 2.31. The lowest BCUT2D eigenvalue weighted by Gasteiger charge is -2.34. The number of rotatable bonds is 5. The fourth-order valence-corrected chi connectivity index (χ4v) is 6.22. The first kappa shape index (κ1) is 26.9. The van der Waals surface area contributed by atoms with Gasteiger partial charge in [0.2, 0.25) is 11.5 Å². The maximum absolute atomic E-state index is 13.4. The highest BCUT2D eigenvalue weighted by atomic mass is 19.1. The minimum absolute atomic E-state index is 0.0401. The number of halogens is 1. The number of carbonyl (C=O) groups excluding carboxylic acids is 2. The molecule has 3 aromatic rings. The fraction of sp³-hybridized carbons (Fsp3) is 0.500. The molecule has 2 aliphatic heterocycles.